The van der Waals surface area contributed by atoms with Crippen LogP contribution in [0.1, 0.15) is 0 Å². The van der Waals surface area contributed by atoms with Gasteiger partial charge in [0.1, 0.15) is 0 Å². The van der Waals surface area contributed by atoms with Crippen LogP contribution in [0.4, 0.5) is 0 Å². The second kappa shape index (κ2) is 9.31. The molecule has 22 valence electrons. The second-order valence-corrected chi connectivity index (χ2v) is 0.191. The van der Waals surface area contributed by atoms with E-state index in [9.17, 15) is 0 Å². The van der Waals surface area contributed by atoms with Gasteiger partial charge in [0.15, 0.2) is 0 Å². The number of nitrogens with zero attached hydrogens (tertiary/aromatic N) is 2. The molecule has 0 aliphatic carbocycles. The fourth-order valence-corrected chi connectivity index (χ4v) is 0. The zero-order valence-corrected chi connectivity index (χ0v) is 5.48. The van der Waals surface area contributed by atoms with Crippen LogP contribution in [0.25, 0.3) is 0 Å². The second-order valence-electron chi connectivity index (χ2n) is 0.191. The van der Waals surface area contributed by atoms with Crippen LogP contribution in [0.5, 0.6) is 0 Å². The Morgan fingerprint density at radius 3 is 2.00 bits per heavy atom. The molecule has 0 bridgehead atoms. The molecule has 0 saturated carbocycles. The minimum absolute atomic E-state index is 0. The molecule has 5 heavy (non-hydrogen) atoms. The van der Waals surface area contributed by atoms with Gasteiger partial charge in [0.25, 0.3) is 0 Å². The maximum Gasteiger partial charge on any atom is 0.248 e. The fraction of sp³-hybridized carbons (Fsp3) is 0. The minimum atomic E-state index is 0. The van der Waals surface area contributed by atoms with Gasteiger partial charge in [-0.15, -0.1) is 4.91 Å². The molecule has 0 rings (SSSR count). The average Bonchev–Trinajstić information content (AvgIpc) is 1.37. The van der Waals surface area contributed by atoms with Crippen LogP contribution in [0.15, 0.2) is 5.18 Å². The van der Waals surface area contributed by atoms with Gasteiger partial charge in [0.05, 0.1) is 5.18 Å². The van der Waals surface area contributed by atoms with Crippen molar-refractivity contribution < 1.29 is 19.5 Å². The monoisotopic (exact) mass is 120 g/mol. The van der Waals surface area contributed by atoms with E-state index in [1.807, 2.05) is 0 Å². The summed E-state index contributed by atoms with van der Waals surface area (Å²) in [4.78, 5) is 8.56. The van der Waals surface area contributed by atoms with Gasteiger partial charge in [-0.2, -0.15) is 5.26 Å². The molecule has 0 aromatic heterocycles. The van der Waals surface area contributed by atoms with Crippen LogP contribution in [-0.2, 0) is 19.5 Å². The maximum atomic E-state index is 8.56. The first-order chi connectivity index (χ1) is 1.91. The Bertz CT molecular complexity index is 55.2. The Hall–Kier alpha value is -0.287. The molecule has 4 heteroatoms. The number of hydrogen-bond acceptors (Lipinski definition) is 3. The third-order valence-electron chi connectivity index (χ3n) is 0.0408. The molecule has 0 aromatic carbocycles. The van der Waals surface area contributed by atoms with Crippen LogP contribution in [-0.4, -0.2) is 0 Å². The molecule has 3 nitrogen and oxygen atoms in total. The van der Waals surface area contributed by atoms with Crippen molar-refractivity contribution in [2.75, 3.05) is 0 Å². The van der Waals surface area contributed by atoms with E-state index < -0.39 is 0 Å². The predicted molar refractivity (Wildman–Crippen MR) is 11.4 cm³/mol. The molecule has 0 fully saturated rings. The Labute approximate surface area is 41.7 Å². The van der Waals surface area contributed by atoms with Crippen LogP contribution >= 0.6 is 0 Å². The number of rotatable bonds is 0. The summed E-state index contributed by atoms with van der Waals surface area (Å²) in [5.41, 5.74) is 0. The van der Waals surface area contributed by atoms with Crippen LogP contribution < -0.4 is 0 Å². The van der Waals surface area contributed by atoms with Gasteiger partial charge in [-0.3, -0.25) is 0 Å². The molecule has 0 spiro atoms. The zero-order chi connectivity index (χ0) is 3.41. The summed E-state index contributed by atoms with van der Waals surface area (Å²) in [5.74, 6) is 0. The molecule has 0 heterocycles. The minimum Gasteiger partial charge on any atom is -0.167 e. The number of nitroso groups, excluding NO2 is 1. The quantitative estimate of drug-likeness (QED) is 0.262. The van der Waals surface area contributed by atoms with E-state index in [1.54, 1.807) is 5.18 Å². The van der Waals surface area contributed by atoms with E-state index in [1.165, 1.54) is 0 Å². The Kier molecular flexibility index (Phi) is 16.4. The third-order valence-corrected chi connectivity index (χ3v) is 0.0408. The molecular formula is CN2OZn. The van der Waals surface area contributed by atoms with Crippen molar-refractivity contribution in [2.45, 2.75) is 0 Å². The molecule has 0 amide bonds. The van der Waals surface area contributed by atoms with Crippen molar-refractivity contribution >= 4 is 0 Å². The van der Waals surface area contributed by atoms with E-state index in [4.69, 9.17) is 10.2 Å². The van der Waals surface area contributed by atoms with E-state index in [0.29, 0.717) is 0 Å². The zero-order valence-electron chi connectivity index (χ0n) is 2.51. The first-order valence-electron chi connectivity index (χ1n) is 0.630. The van der Waals surface area contributed by atoms with Crippen molar-refractivity contribution in [2.24, 2.45) is 5.18 Å². The van der Waals surface area contributed by atoms with Crippen molar-refractivity contribution in [3.8, 4) is 6.19 Å². The van der Waals surface area contributed by atoms with Crippen molar-refractivity contribution in [3.63, 3.8) is 0 Å². The van der Waals surface area contributed by atoms with Gasteiger partial charge < -0.3 is 0 Å². The molecule has 0 N–H and O–H groups in total. The fourth-order valence-electron chi connectivity index (χ4n) is 0. The largest absolute Gasteiger partial charge is 0.248 e. The number of nitriles is 1. The number of hydrogen-bond donors (Lipinski definition) is 0. The summed E-state index contributed by atoms with van der Waals surface area (Å²) in [6.07, 6.45) is 1.00. The van der Waals surface area contributed by atoms with Crippen LogP contribution in [0.2, 0.25) is 0 Å². The normalized spacial score (nSPS) is 3.00. The van der Waals surface area contributed by atoms with Gasteiger partial charge >= 0.3 is 0 Å². The summed E-state index contributed by atoms with van der Waals surface area (Å²) in [5, 5.41) is 8.94. The first kappa shape index (κ1) is 8.83. The molecule has 0 saturated heterocycles. The van der Waals surface area contributed by atoms with Crippen molar-refractivity contribution in [1.82, 2.24) is 0 Å². The Balaban J connectivity index is 0. The van der Waals surface area contributed by atoms with Gasteiger partial charge in [0.2, 0.25) is 6.19 Å². The smallest absolute Gasteiger partial charge is 0.167 e. The SMILES string of the molecule is N#CN=O.[Zn]. The molecule has 0 aromatic rings. The van der Waals surface area contributed by atoms with Crippen molar-refractivity contribution in [1.29, 1.82) is 5.26 Å². The van der Waals surface area contributed by atoms with E-state index in [-0.39, 0.29) is 19.5 Å². The van der Waals surface area contributed by atoms with Gasteiger partial charge in [-0.1, -0.05) is 0 Å². The summed E-state index contributed by atoms with van der Waals surface area (Å²) < 4.78 is 0. The van der Waals surface area contributed by atoms with Gasteiger partial charge in [0, 0.05) is 19.5 Å². The van der Waals surface area contributed by atoms with Crippen molar-refractivity contribution in [3.05, 3.63) is 4.91 Å². The van der Waals surface area contributed by atoms with Crippen LogP contribution in [0, 0.1) is 16.4 Å². The summed E-state index contributed by atoms with van der Waals surface area (Å²) in [6.45, 7) is 0. The van der Waals surface area contributed by atoms with Gasteiger partial charge in [-0.05, 0) is 0 Å². The van der Waals surface area contributed by atoms with Crippen LogP contribution in [0.3, 0.4) is 0 Å². The summed E-state index contributed by atoms with van der Waals surface area (Å²) >= 11 is 0. The molecule has 0 aliphatic heterocycles. The molecule has 0 atom stereocenters. The summed E-state index contributed by atoms with van der Waals surface area (Å²) in [6, 6.07) is 0. The van der Waals surface area contributed by atoms with Gasteiger partial charge in [-0.25, -0.2) is 0 Å². The Morgan fingerprint density at radius 1 is 1.80 bits per heavy atom. The molecular weight excluding hydrogens is 121 g/mol. The van der Waals surface area contributed by atoms with E-state index >= 15 is 0 Å². The molecule has 0 unspecified atom stereocenters. The molecule has 0 aliphatic rings. The molecule has 0 radical (unpaired) electrons. The topological polar surface area (TPSA) is 53.2 Å². The van der Waals surface area contributed by atoms with E-state index in [0.717, 1.165) is 6.19 Å². The maximum absolute atomic E-state index is 8.56. The summed E-state index contributed by atoms with van der Waals surface area (Å²) in [7, 11) is 0. The third kappa shape index (κ3) is 21.4. The standard InChI is InChI=1S/CN2O.Zn/c2-1-3-4;. The first-order valence-corrected chi connectivity index (χ1v) is 0.630. The van der Waals surface area contributed by atoms with E-state index in [2.05, 4.69) is 0 Å². The Morgan fingerprint density at radius 2 is 2.00 bits per heavy atom. The average molecular weight is 121 g/mol. The predicted octanol–water partition coefficient (Wildman–Crippen LogP) is 0.231.